The molecule has 5 nitrogen and oxygen atoms in total. The Bertz CT molecular complexity index is 532. The summed E-state index contributed by atoms with van der Waals surface area (Å²) >= 11 is 0. The maximum absolute atomic E-state index is 12.4. The Kier molecular flexibility index (Phi) is 4.10. The fourth-order valence-corrected chi connectivity index (χ4v) is 4.03. The first-order valence-electron chi connectivity index (χ1n) is 8.82. The number of nitrogens with zero attached hydrogens (tertiary/aromatic N) is 2. The van der Waals surface area contributed by atoms with Crippen LogP contribution < -0.4 is 4.74 Å². The van der Waals surface area contributed by atoms with Crippen molar-refractivity contribution in [1.82, 2.24) is 9.88 Å². The van der Waals surface area contributed by atoms with Gasteiger partial charge in [0.05, 0.1) is 6.61 Å². The van der Waals surface area contributed by atoms with Crippen molar-refractivity contribution in [2.24, 2.45) is 5.92 Å². The van der Waals surface area contributed by atoms with Crippen LogP contribution in [0.5, 0.6) is 5.88 Å². The highest BCUT2D eigenvalue weighted by Gasteiger charge is 2.45. The average molecular weight is 316 g/mol. The summed E-state index contributed by atoms with van der Waals surface area (Å²) in [4.78, 5) is 18.6. The van der Waals surface area contributed by atoms with Crippen molar-refractivity contribution in [2.45, 2.75) is 63.1 Å². The van der Waals surface area contributed by atoms with E-state index < -0.39 is 0 Å². The van der Waals surface area contributed by atoms with Crippen LogP contribution >= 0.6 is 0 Å². The molecule has 2 bridgehead atoms. The molecule has 1 amide bonds. The molecule has 23 heavy (non-hydrogen) atoms. The molecule has 3 heterocycles. The third-order valence-electron chi connectivity index (χ3n) is 5.49. The van der Waals surface area contributed by atoms with E-state index >= 15 is 0 Å². The molecule has 5 heteroatoms. The Hall–Kier alpha value is -1.78. The monoisotopic (exact) mass is 316 g/mol. The van der Waals surface area contributed by atoms with Crippen molar-refractivity contribution >= 4 is 6.09 Å². The molecule has 0 aromatic carbocycles. The number of carbonyl (C=O) groups is 1. The predicted molar refractivity (Wildman–Crippen MR) is 85.2 cm³/mol. The summed E-state index contributed by atoms with van der Waals surface area (Å²) in [7, 11) is 0. The minimum atomic E-state index is -0.110. The largest absolute Gasteiger partial charge is 0.474 e. The van der Waals surface area contributed by atoms with Crippen LogP contribution in [-0.4, -0.2) is 40.8 Å². The van der Waals surface area contributed by atoms with Gasteiger partial charge >= 0.3 is 6.09 Å². The first-order valence-corrected chi connectivity index (χ1v) is 8.82. The standard InChI is InChI=1S/C18H24N2O3/c21-18(22-12-13-4-3-5-13)20-14-7-8-15(20)11-16(10-14)23-17-6-1-2-9-19-17/h1-2,6,9,13-16H,3-5,7-8,10-12H2. The van der Waals surface area contributed by atoms with Crippen LogP contribution in [0.15, 0.2) is 24.4 Å². The van der Waals surface area contributed by atoms with Gasteiger partial charge in [-0.15, -0.1) is 0 Å². The highest BCUT2D eigenvalue weighted by molar-refractivity contribution is 5.69. The second-order valence-corrected chi connectivity index (χ2v) is 7.05. The molecule has 1 aromatic rings. The van der Waals surface area contributed by atoms with E-state index in [0.717, 1.165) is 25.7 Å². The van der Waals surface area contributed by atoms with E-state index in [1.165, 1.54) is 19.3 Å². The smallest absolute Gasteiger partial charge is 0.410 e. The fraction of sp³-hybridized carbons (Fsp3) is 0.667. The summed E-state index contributed by atoms with van der Waals surface area (Å²) in [5.41, 5.74) is 0. The van der Waals surface area contributed by atoms with E-state index in [-0.39, 0.29) is 24.3 Å². The van der Waals surface area contributed by atoms with Crippen molar-refractivity contribution in [2.75, 3.05) is 6.61 Å². The normalized spacial score (nSPS) is 29.9. The molecule has 1 aromatic heterocycles. The molecule has 0 N–H and O–H groups in total. The summed E-state index contributed by atoms with van der Waals surface area (Å²) in [5, 5.41) is 0. The van der Waals surface area contributed by atoms with Gasteiger partial charge in [0, 0.05) is 37.2 Å². The lowest BCUT2D eigenvalue weighted by atomic mass is 9.86. The van der Waals surface area contributed by atoms with Crippen molar-refractivity contribution in [3.63, 3.8) is 0 Å². The number of hydrogen-bond acceptors (Lipinski definition) is 4. The second kappa shape index (κ2) is 6.38. The Labute approximate surface area is 137 Å². The van der Waals surface area contributed by atoms with Crippen LogP contribution in [0.1, 0.15) is 44.9 Å². The van der Waals surface area contributed by atoms with Gasteiger partial charge in [0.25, 0.3) is 0 Å². The molecular formula is C18H24N2O3. The first-order chi connectivity index (χ1) is 11.3. The van der Waals surface area contributed by atoms with Crippen LogP contribution in [0.2, 0.25) is 0 Å². The predicted octanol–water partition coefficient (Wildman–Crippen LogP) is 3.39. The third kappa shape index (κ3) is 3.14. The SMILES string of the molecule is O=C(OCC1CCC1)N1C2CCC1CC(Oc1ccccn1)C2. The summed E-state index contributed by atoms with van der Waals surface area (Å²) < 4.78 is 11.6. The Morgan fingerprint density at radius 1 is 1.17 bits per heavy atom. The van der Waals surface area contributed by atoms with Crippen LogP contribution in [0.3, 0.4) is 0 Å². The molecular weight excluding hydrogens is 292 g/mol. The zero-order chi connectivity index (χ0) is 15.6. The van der Waals surface area contributed by atoms with Crippen LogP contribution in [0.25, 0.3) is 0 Å². The molecule has 0 spiro atoms. The molecule has 124 valence electrons. The number of hydrogen-bond donors (Lipinski definition) is 0. The number of fused-ring (bicyclic) bond motifs is 2. The van der Waals surface area contributed by atoms with Crippen LogP contribution in [0, 0.1) is 5.92 Å². The lowest BCUT2D eigenvalue weighted by Crippen LogP contribution is -2.49. The number of amides is 1. The first kappa shape index (κ1) is 14.8. The van der Waals surface area contributed by atoms with Crippen LogP contribution in [0.4, 0.5) is 4.79 Å². The highest BCUT2D eigenvalue weighted by Crippen LogP contribution is 2.37. The van der Waals surface area contributed by atoms with E-state index in [4.69, 9.17) is 9.47 Å². The van der Waals surface area contributed by atoms with Gasteiger partial charge in [-0.1, -0.05) is 12.5 Å². The zero-order valence-corrected chi connectivity index (χ0v) is 13.4. The summed E-state index contributed by atoms with van der Waals surface area (Å²) in [6.07, 6.45) is 9.37. The maximum atomic E-state index is 12.4. The third-order valence-corrected chi connectivity index (χ3v) is 5.49. The highest BCUT2D eigenvalue weighted by atomic mass is 16.6. The Morgan fingerprint density at radius 3 is 2.57 bits per heavy atom. The number of aromatic nitrogens is 1. The van der Waals surface area contributed by atoms with E-state index in [1.54, 1.807) is 6.20 Å². The molecule has 2 aliphatic heterocycles. The quantitative estimate of drug-likeness (QED) is 0.854. The van der Waals surface area contributed by atoms with E-state index in [1.807, 2.05) is 23.1 Å². The minimum absolute atomic E-state index is 0.110. The number of carbonyl (C=O) groups excluding carboxylic acids is 1. The molecule has 4 rings (SSSR count). The summed E-state index contributed by atoms with van der Waals surface area (Å²) in [6.45, 7) is 0.600. The Balaban J connectivity index is 1.33. The fourth-order valence-electron chi connectivity index (χ4n) is 4.03. The van der Waals surface area contributed by atoms with Gasteiger partial charge in [-0.2, -0.15) is 0 Å². The average Bonchev–Trinajstić information content (AvgIpc) is 2.78. The topological polar surface area (TPSA) is 51.7 Å². The number of piperidine rings is 1. The van der Waals surface area contributed by atoms with Gasteiger partial charge in [0.15, 0.2) is 0 Å². The van der Waals surface area contributed by atoms with E-state index in [0.29, 0.717) is 18.4 Å². The molecule has 2 atom stereocenters. The van der Waals surface area contributed by atoms with Gasteiger partial charge in [-0.25, -0.2) is 9.78 Å². The molecule has 3 fully saturated rings. The molecule has 2 saturated heterocycles. The lowest BCUT2D eigenvalue weighted by molar-refractivity contribution is 0.0210. The van der Waals surface area contributed by atoms with E-state index in [9.17, 15) is 4.79 Å². The van der Waals surface area contributed by atoms with Crippen LogP contribution in [-0.2, 0) is 4.74 Å². The van der Waals surface area contributed by atoms with Gasteiger partial charge in [-0.3, -0.25) is 0 Å². The number of rotatable bonds is 4. The van der Waals surface area contributed by atoms with Gasteiger partial charge in [-0.05, 0) is 37.7 Å². The number of pyridine rings is 1. The molecule has 1 saturated carbocycles. The summed E-state index contributed by atoms with van der Waals surface area (Å²) in [5.74, 6) is 1.28. The van der Waals surface area contributed by atoms with Crippen molar-refractivity contribution in [1.29, 1.82) is 0 Å². The van der Waals surface area contributed by atoms with Crippen molar-refractivity contribution < 1.29 is 14.3 Å². The molecule has 0 radical (unpaired) electrons. The molecule has 2 unspecified atom stereocenters. The zero-order valence-electron chi connectivity index (χ0n) is 13.4. The van der Waals surface area contributed by atoms with Crippen molar-refractivity contribution in [3.8, 4) is 5.88 Å². The maximum Gasteiger partial charge on any atom is 0.410 e. The van der Waals surface area contributed by atoms with Gasteiger partial charge < -0.3 is 14.4 Å². The Morgan fingerprint density at radius 2 is 1.96 bits per heavy atom. The van der Waals surface area contributed by atoms with Gasteiger partial charge in [0.1, 0.15) is 6.10 Å². The summed E-state index contributed by atoms with van der Waals surface area (Å²) in [6, 6.07) is 6.23. The van der Waals surface area contributed by atoms with E-state index in [2.05, 4.69) is 4.98 Å². The second-order valence-electron chi connectivity index (χ2n) is 7.05. The minimum Gasteiger partial charge on any atom is -0.474 e. The van der Waals surface area contributed by atoms with Crippen molar-refractivity contribution in [3.05, 3.63) is 24.4 Å². The molecule has 3 aliphatic rings. The number of ether oxygens (including phenoxy) is 2. The van der Waals surface area contributed by atoms with Gasteiger partial charge in [0.2, 0.25) is 5.88 Å². The molecule has 1 aliphatic carbocycles. The lowest BCUT2D eigenvalue weighted by Gasteiger charge is -2.38.